The van der Waals surface area contributed by atoms with Crippen molar-refractivity contribution in [2.75, 3.05) is 7.11 Å². The first-order valence-electron chi connectivity index (χ1n) is 3.19. The van der Waals surface area contributed by atoms with Crippen molar-refractivity contribution >= 4 is 0 Å². The van der Waals surface area contributed by atoms with Crippen LogP contribution < -0.4 is 5.90 Å². The van der Waals surface area contributed by atoms with Crippen molar-refractivity contribution in [2.45, 2.75) is 6.92 Å². The number of phenolic OH excluding ortho intramolecular Hbond substituents is 1. The van der Waals surface area contributed by atoms with Gasteiger partial charge in [0.1, 0.15) is 5.75 Å². The minimum absolute atomic E-state index is 0.329. The highest BCUT2D eigenvalue weighted by atomic mass is 16.6. The Bertz CT molecular complexity index is 163. The van der Waals surface area contributed by atoms with Crippen LogP contribution in [0.1, 0.15) is 5.56 Å². The summed E-state index contributed by atoms with van der Waals surface area (Å²) in [7, 11) is 1.40. The summed E-state index contributed by atoms with van der Waals surface area (Å²) in [4.78, 5) is 3.75. The average molecular weight is 155 g/mol. The van der Waals surface area contributed by atoms with Crippen LogP contribution in [0.25, 0.3) is 0 Å². The molecule has 0 unspecified atom stereocenters. The zero-order chi connectivity index (χ0) is 8.69. The molecule has 0 aliphatic heterocycles. The molecule has 3 N–H and O–H groups in total. The maximum absolute atomic E-state index is 8.76. The number of hydrogen-bond donors (Lipinski definition) is 2. The lowest BCUT2D eigenvalue weighted by atomic mass is 10.2. The minimum atomic E-state index is 0.329. The van der Waals surface area contributed by atoms with Crippen molar-refractivity contribution in [3.63, 3.8) is 0 Å². The molecule has 3 nitrogen and oxygen atoms in total. The van der Waals surface area contributed by atoms with E-state index in [2.05, 4.69) is 10.7 Å². The molecule has 0 amide bonds. The van der Waals surface area contributed by atoms with E-state index < -0.39 is 0 Å². The SMILES string of the molecule is CON.Cc1ccc(O)cc1. The topological polar surface area (TPSA) is 55.5 Å². The van der Waals surface area contributed by atoms with Gasteiger partial charge < -0.3 is 9.94 Å². The molecule has 62 valence electrons. The van der Waals surface area contributed by atoms with Crippen molar-refractivity contribution in [1.29, 1.82) is 0 Å². The predicted octanol–water partition coefficient (Wildman–Crippen LogP) is 1.21. The van der Waals surface area contributed by atoms with E-state index in [0.717, 1.165) is 0 Å². The van der Waals surface area contributed by atoms with Gasteiger partial charge in [-0.2, -0.15) is 0 Å². The number of rotatable bonds is 0. The summed E-state index contributed by atoms with van der Waals surface area (Å²) in [6, 6.07) is 7.09. The fourth-order valence-electron chi connectivity index (χ4n) is 0.545. The quantitative estimate of drug-likeness (QED) is 0.553. The fraction of sp³-hybridized carbons (Fsp3) is 0.250. The van der Waals surface area contributed by atoms with Crippen LogP contribution in [0.2, 0.25) is 0 Å². The van der Waals surface area contributed by atoms with Crippen LogP contribution in [0.15, 0.2) is 24.3 Å². The molecule has 0 bridgehead atoms. The second-order valence-electron chi connectivity index (χ2n) is 2.07. The molecule has 11 heavy (non-hydrogen) atoms. The number of benzene rings is 1. The molecule has 0 fully saturated rings. The summed E-state index contributed by atoms with van der Waals surface area (Å²) in [6.07, 6.45) is 0. The van der Waals surface area contributed by atoms with E-state index in [-0.39, 0.29) is 0 Å². The first-order chi connectivity index (χ1) is 5.20. The van der Waals surface area contributed by atoms with Crippen LogP contribution in [0, 0.1) is 6.92 Å². The lowest BCUT2D eigenvalue weighted by Crippen LogP contribution is -1.86. The highest BCUT2D eigenvalue weighted by Crippen LogP contribution is 2.07. The van der Waals surface area contributed by atoms with E-state index in [1.54, 1.807) is 12.1 Å². The highest BCUT2D eigenvalue weighted by Gasteiger charge is 1.82. The highest BCUT2D eigenvalue weighted by molar-refractivity contribution is 5.24. The second kappa shape index (κ2) is 5.70. The van der Waals surface area contributed by atoms with Gasteiger partial charge in [0, 0.05) is 0 Å². The Morgan fingerprint density at radius 2 is 1.64 bits per heavy atom. The van der Waals surface area contributed by atoms with Crippen LogP contribution in [-0.2, 0) is 4.84 Å². The number of aryl methyl sites for hydroxylation is 1. The normalized spacial score (nSPS) is 8.27. The molecule has 0 aliphatic carbocycles. The van der Waals surface area contributed by atoms with Crippen molar-refractivity contribution in [3.05, 3.63) is 29.8 Å². The van der Waals surface area contributed by atoms with Crippen molar-refractivity contribution in [1.82, 2.24) is 0 Å². The van der Waals surface area contributed by atoms with Gasteiger partial charge in [-0.25, -0.2) is 5.90 Å². The maximum Gasteiger partial charge on any atom is 0.115 e. The van der Waals surface area contributed by atoms with Gasteiger partial charge in [0.05, 0.1) is 7.11 Å². The smallest absolute Gasteiger partial charge is 0.115 e. The standard InChI is InChI=1S/C7H8O.CH5NO/c1-6-2-4-7(8)5-3-6;1-3-2/h2-5,8H,1H3;2H2,1H3. The van der Waals surface area contributed by atoms with Gasteiger partial charge in [-0.05, 0) is 19.1 Å². The molecule has 0 aromatic heterocycles. The summed E-state index contributed by atoms with van der Waals surface area (Å²) in [5, 5.41) is 8.76. The van der Waals surface area contributed by atoms with E-state index in [1.165, 1.54) is 12.7 Å². The summed E-state index contributed by atoms with van der Waals surface area (Å²) < 4.78 is 0. The molecular formula is C8H13NO2. The Morgan fingerprint density at radius 1 is 1.27 bits per heavy atom. The largest absolute Gasteiger partial charge is 0.508 e. The van der Waals surface area contributed by atoms with E-state index >= 15 is 0 Å². The third-order valence-electron chi connectivity index (χ3n) is 1.03. The predicted molar refractivity (Wildman–Crippen MR) is 44.0 cm³/mol. The van der Waals surface area contributed by atoms with Gasteiger partial charge in [-0.15, -0.1) is 0 Å². The van der Waals surface area contributed by atoms with Gasteiger partial charge in [0.15, 0.2) is 0 Å². The molecule has 0 heterocycles. The average Bonchev–Trinajstić information content (AvgIpc) is 1.97. The monoisotopic (exact) mass is 155 g/mol. The third kappa shape index (κ3) is 5.39. The van der Waals surface area contributed by atoms with Gasteiger partial charge in [-0.1, -0.05) is 17.7 Å². The molecule has 0 saturated carbocycles. The summed E-state index contributed by atoms with van der Waals surface area (Å²) in [5.74, 6) is 4.68. The molecular weight excluding hydrogens is 142 g/mol. The van der Waals surface area contributed by atoms with Gasteiger partial charge in [0.2, 0.25) is 0 Å². The van der Waals surface area contributed by atoms with Crippen molar-refractivity contribution < 1.29 is 9.94 Å². The molecule has 1 rings (SSSR count). The number of nitrogens with two attached hydrogens (primary N) is 1. The van der Waals surface area contributed by atoms with E-state index in [4.69, 9.17) is 5.11 Å². The molecule has 0 saturated heterocycles. The number of aromatic hydroxyl groups is 1. The van der Waals surface area contributed by atoms with Gasteiger partial charge in [-0.3, -0.25) is 0 Å². The first-order valence-corrected chi connectivity index (χ1v) is 3.19. The molecule has 0 radical (unpaired) electrons. The molecule has 3 heteroatoms. The summed E-state index contributed by atoms with van der Waals surface area (Å²) in [6.45, 7) is 1.99. The van der Waals surface area contributed by atoms with E-state index in [9.17, 15) is 0 Å². The Labute approximate surface area is 66.4 Å². The Balaban J connectivity index is 0.000000292. The Morgan fingerprint density at radius 3 is 1.91 bits per heavy atom. The number of hydrogen-bond acceptors (Lipinski definition) is 3. The fourth-order valence-corrected chi connectivity index (χ4v) is 0.545. The minimum Gasteiger partial charge on any atom is -0.508 e. The molecule has 0 atom stereocenters. The lowest BCUT2D eigenvalue weighted by Gasteiger charge is -1.89. The molecule has 1 aromatic carbocycles. The second-order valence-corrected chi connectivity index (χ2v) is 2.07. The van der Waals surface area contributed by atoms with Crippen LogP contribution in [-0.4, -0.2) is 12.2 Å². The van der Waals surface area contributed by atoms with Crippen LogP contribution in [0.3, 0.4) is 0 Å². The summed E-state index contributed by atoms with van der Waals surface area (Å²) >= 11 is 0. The zero-order valence-electron chi connectivity index (χ0n) is 6.74. The van der Waals surface area contributed by atoms with Crippen LogP contribution >= 0.6 is 0 Å². The maximum atomic E-state index is 8.76. The van der Waals surface area contributed by atoms with Crippen LogP contribution in [0.5, 0.6) is 5.75 Å². The zero-order valence-corrected chi connectivity index (χ0v) is 6.74. The van der Waals surface area contributed by atoms with Crippen molar-refractivity contribution in [2.24, 2.45) is 5.90 Å². The Kier molecular flexibility index (Phi) is 5.15. The lowest BCUT2D eigenvalue weighted by molar-refractivity contribution is 0.206. The summed E-state index contributed by atoms with van der Waals surface area (Å²) in [5.41, 5.74) is 1.17. The molecule has 0 spiro atoms. The van der Waals surface area contributed by atoms with Crippen molar-refractivity contribution in [3.8, 4) is 5.75 Å². The number of phenols is 1. The van der Waals surface area contributed by atoms with Crippen LogP contribution in [0.4, 0.5) is 0 Å². The van der Waals surface area contributed by atoms with E-state index in [0.29, 0.717) is 5.75 Å². The van der Waals surface area contributed by atoms with E-state index in [1.807, 2.05) is 19.1 Å². The Hall–Kier alpha value is -1.06. The van der Waals surface area contributed by atoms with Gasteiger partial charge >= 0.3 is 0 Å². The first kappa shape index (κ1) is 9.94. The molecule has 0 aliphatic rings. The molecule has 1 aromatic rings. The third-order valence-corrected chi connectivity index (χ3v) is 1.03. The van der Waals surface area contributed by atoms with Gasteiger partial charge in [0.25, 0.3) is 0 Å².